The van der Waals surface area contributed by atoms with Gasteiger partial charge >= 0.3 is 0 Å². The zero-order valence-corrected chi connectivity index (χ0v) is 15.8. The van der Waals surface area contributed by atoms with Crippen LogP contribution in [0.3, 0.4) is 0 Å². The highest BCUT2D eigenvalue weighted by atomic mass is 16.1. The van der Waals surface area contributed by atoms with Crippen molar-refractivity contribution in [2.75, 3.05) is 0 Å². The Bertz CT molecular complexity index is 773. The van der Waals surface area contributed by atoms with E-state index >= 15 is 0 Å². The number of carbonyl (C=O) groups excluding carboxylic acids is 1. The van der Waals surface area contributed by atoms with Gasteiger partial charge in [0.1, 0.15) is 0 Å². The van der Waals surface area contributed by atoms with Crippen molar-refractivity contribution in [1.29, 1.82) is 0 Å². The Hall–Kier alpha value is -2.10. The molecule has 1 saturated carbocycles. The monoisotopic (exact) mass is 339 g/mol. The predicted octanol–water partition coefficient (Wildman–Crippen LogP) is 5.28. The SMILES string of the molecule is Cc1cc(C=CC(=O)c2cnn(C(C)C)c2)c(C)n1C1CCCCC1. The molecule has 134 valence electrons. The number of ketones is 1. The zero-order chi connectivity index (χ0) is 18.0. The normalized spacial score (nSPS) is 16.2. The van der Waals surface area contributed by atoms with Gasteiger partial charge in [-0.3, -0.25) is 9.48 Å². The Morgan fingerprint density at radius 3 is 2.60 bits per heavy atom. The molecule has 2 aromatic rings. The molecule has 0 aromatic carbocycles. The molecule has 0 atom stereocenters. The lowest BCUT2D eigenvalue weighted by Gasteiger charge is -2.26. The highest BCUT2D eigenvalue weighted by Crippen LogP contribution is 2.32. The number of hydrogen-bond acceptors (Lipinski definition) is 2. The third-order valence-electron chi connectivity index (χ3n) is 5.29. The van der Waals surface area contributed by atoms with E-state index in [4.69, 9.17) is 0 Å². The summed E-state index contributed by atoms with van der Waals surface area (Å²) in [5, 5.41) is 4.25. The van der Waals surface area contributed by atoms with E-state index in [0.29, 0.717) is 11.6 Å². The highest BCUT2D eigenvalue weighted by Gasteiger charge is 2.19. The van der Waals surface area contributed by atoms with Gasteiger partial charge in [0, 0.05) is 29.7 Å². The number of allylic oxidation sites excluding steroid dienone is 1. The topological polar surface area (TPSA) is 39.8 Å². The lowest BCUT2D eigenvalue weighted by Crippen LogP contribution is -2.15. The van der Waals surface area contributed by atoms with E-state index in [1.165, 1.54) is 43.5 Å². The van der Waals surface area contributed by atoms with Gasteiger partial charge in [-0.1, -0.05) is 19.3 Å². The summed E-state index contributed by atoms with van der Waals surface area (Å²) >= 11 is 0. The first-order chi connectivity index (χ1) is 12.0. The zero-order valence-electron chi connectivity index (χ0n) is 15.8. The number of nitrogens with zero attached hydrogens (tertiary/aromatic N) is 3. The van der Waals surface area contributed by atoms with E-state index in [1.807, 2.05) is 17.0 Å². The fourth-order valence-corrected chi connectivity index (χ4v) is 3.88. The molecule has 2 aromatic heterocycles. The third kappa shape index (κ3) is 3.78. The minimum Gasteiger partial charge on any atom is -0.346 e. The molecular formula is C21H29N3O. The maximum absolute atomic E-state index is 12.4. The molecule has 2 heterocycles. The molecular weight excluding hydrogens is 310 g/mol. The Labute approximate surface area is 150 Å². The van der Waals surface area contributed by atoms with Crippen LogP contribution in [0, 0.1) is 13.8 Å². The molecule has 0 radical (unpaired) electrons. The molecule has 0 saturated heterocycles. The first kappa shape index (κ1) is 17.7. The quantitative estimate of drug-likeness (QED) is 0.549. The largest absolute Gasteiger partial charge is 0.346 e. The van der Waals surface area contributed by atoms with Crippen molar-refractivity contribution in [2.24, 2.45) is 0 Å². The second-order valence-electron chi connectivity index (χ2n) is 7.49. The summed E-state index contributed by atoms with van der Waals surface area (Å²) in [7, 11) is 0. The van der Waals surface area contributed by atoms with Gasteiger partial charge in [0.2, 0.25) is 0 Å². The molecule has 0 spiro atoms. The molecule has 4 heteroatoms. The second-order valence-corrected chi connectivity index (χ2v) is 7.49. The van der Waals surface area contributed by atoms with Crippen LogP contribution in [-0.4, -0.2) is 20.1 Å². The van der Waals surface area contributed by atoms with Crippen LogP contribution >= 0.6 is 0 Å². The van der Waals surface area contributed by atoms with Gasteiger partial charge in [-0.25, -0.2) is 0 Å². The minimum atomic E-state index is 0.00868. The smallest absolute Gasteiger partial charge is 0.189 e. The van der Waals surface area contributed by atoms with Crippen LogP contribution in [-0.2, 0) is 0 Å². The molecule has 25 heavy (non-hydrogen) atoms. The molecule has 3 rings (SSSR count). The van der Waals surface area contributed by atoms with Crippen molar-refractivity contribution >= 4 is 11.9 Å². The van der Waals surface area contributed by atoms with Gasteiger partial charge in [-0.05, 0) is 64.3 Å². The van der Waals surface area contributed by atoms with Gasteiger partial charge in [0.05, 0.1) is 11.8 Å². The van der Waals surface area contributed by atoms with Crippen LogP contribution in [0.25, 0.3) is 6.08 Å². The van der Waals surface area contributed by atoms with Gasteiger partial charge in [0.25, 0.3) is 0 Å². The van der Waals surface area contributed by atoms with Gasteiger partial charge in [0.15, 0.2) is 5.78 Å². The van der Waals surface area contributed by atoms with E-state index in [1.54, 1.807) is 12.3 Å². The average Bonchev–Trinajstić information content (AvgIpc) is 3.19. The predicted molar refractivity (Wildman–Crippen MR) is 102 cm³/mol. The van der Waals surface area contributed by atoms with Crippen LogP contribution in [0.1, 0.15) is 85.3 Å². The molecule has 1 aliphatic rings. The van der Waals surface area contributed by atoms with Crippen molar-refractivity contribution in [3.8, 4) is 0 Å². The lowest BCUT2D eigenvalue weighted by atomic mass is 9.95. The van der Waals surface area contributed by atoms with Crippen LogP contribution in [0.15, 0.2) is 24.5 Å². The molecule has 0 N–H and O–H groups in total. The standard InChI is InChI=1S/C21H29N3O/c1-15(2)23-14-19(13-22-23)21(25)11-10-18-12-16(3)24(17(18)4)20-8-6-5-7-9-20/h10-15,20H,5-9H2,1-4H3. The summed E-state index contributed by atoms with van der Waals surface area (Å²) in [5.41, 5.74) is 4.36. The fraction of sp³-hybridized carbons (Fsp3) is 0.524. The molecule has 4 nitrogen and oxygen atoms in total. The van der Waals surface area contributed by atoms with Gasteiger partial charge in [-0.15, -0.1) is 0 Å². The Balaban J connectivity index is 1.77. The van der Waals surface area contributed by atoms with Crippen LogP contribution in [0.5, 0.6) is 0 Å². The number of aromatic nitrogens is 3. The molecule has 1 aliphatic carbocycles. The van der Waals surface area contributed by atoms with E-state index in [9.17, 15) is 4.79 Å². The van der Waals surface area contributed by atoms with Gasteiger partial charge in [-0.2, -0.15) is 5.10 Å². The first-order valence-electron chi connectivity index (χ1n) is 9.42. The van der Waals surface area contributed by atoms with Crippen molar-refractivity contribution in [2.45, 2.75) is 71.9 Å². The molecule has 0 aliphatic heterocycles. The fourth-order valence-electron chi connectivity index (χ4n) is 3.88. The maximum Gasteiger partial charge on any atom is 0.189 e. The van der Waals surface area contributed by atoms with Gasteiger partial charge < -0.3 is 4.57 Å². The second kappa shape index (κ2) is 7.42. The number of carbonyl (C=O) groups is 1. The summed E-state index contributed by atoms with van der Waals surface area (Å²) < 4.78 is 4.29. The molecule has 1 fully saturated rings. The van der Waals surface area contributed by atoms with Crippen LogP contribution in [0.4, 0.5) is 0 Å². The summed E-state index contributed by atoms with van der Waals surface area (Å²) in [5.74, 6) is 0.00868. The van der Waals surface area contributed by atoms with Crippen LogP contribution < -0.4 is 0 Å². The van der Waals surface area contributed by atoms with Crippen LogP contribution in [0.2, 0.25) is 0 Å². The Morgan fingerprint density at radius 1 is 1.24 bits per heavy atom. The van der Waals surface area contributed by atoms with E-state index in [0.717, 1.165) is 5.56 Å². The minimum absolute atomic E-state index is 0.00868. The first-order valence-corrected chi connectivity index (χ1v) is 9.42. The number of hydrogen-bond donors (Lipinski definition) is 0. The summed E-state index contributed by atoms with van der Waals surface area (Å²) in [6.45, 7) is 8.45. The average molecular weight is 339 g/mol. The molecule has 0 amide bonds. The van der Waals surface area contributed by atoms with E-state index in [-0.39, 0.29) is 11.8 Å². The summed E-state index contributed by atoms with van der Waals surface area (Å²) in [6, 6.07) is 3.08. The molecule has 0 bridgehead atoms. The van der Waals surface area contributed by atoms with Crippen molar-refractivity contribution in [3.05, 3.63) is 47.1 Å². The summed E-state index contributed by atoms with van der Waals surface area (Å²) in [4.78, 5) is 12.4. The molecule has 0 unspecified atom stereocenters. The Morgan fingerprint density at radius 2 is 1.96 bits per heavy atom. The Kier molecular flexibility index (Phi) is 5.26. The van der Waals surface area contributed by atoms with E-state index < -0.39 is 0 Å². The number of rotatable bonds is 5. The summed E-state index contributed by atoms with van der Waals surface area (Å²) in [6.07, 6.45) is 13.7. The lowest BCUT2D eigenvalue weighted by molar-refractivity contribution is 0.104. The van der Waals surface area contributed by atoms with Crippen molar-refractivity contribution < 1.29 is 4.79 Å². The van der Waals surface area contributed by atoms with Crippen molar-refractivity contribution in [3.63, 3.8) is 0 Å². The third-order valence-corrected chi connectivity index (χ3v) is 5.29. The highest BCUT2D eigenvalue weighted by molar-refractivity contribution is 6.06. The van der Waals surface area contributed by atoms with Crippen molar-refractivity contribution in [1.82, 2.24) is 14.3 Å². The number of aryl methyl sites for hydroxylation is 1. The maximum atomic E-state index is 12.4. The van der Waals surface area contributed by atoms with E-state index in [2.05, 4.69) is 43.4 Å².